The lowest BCUT2D eigenvalue weighted by molar-refractivity contribution is -0.110. The Kier molecular flexibility index (Phi) is 5.88. The summed E-state index contributed by atoms with van der Waals surface area (Å²) in [7, 11) is 0. The second kappa shape index (κ2) is 8.80. The van der Waals surface area contributed by atoms with Crippen LogP contribution in [0, 0.1) is 6.92 Å². The summed E-state index contributed by atoms with van der Waals surface area (Å²) in [6.07, 6.45) is 5.23. The highest BCUT2D eigenvalue weighted by molar-refractivity contribution is 9.10. The Morgan fingerprint density at radius 2 is 2.03 bits per heavy atom. The van der Waals surface area contributed by atoms with E-state index in [-0.39, 0.29) is 11.8 Å². The fourth-order valence-corrected chi connectivity index (χ4v) is 4.97. The molecule has 32 heavy (non-hydrogen) atoms. The number of hydrogen-bond donors (Lipinski definition) is 2. The van der Waals surface area contributed by atoms with E-state index in [0.29, 0.717) is 11.4 Å². The lowest BCUT2D eigenvalue weighted by Crippen LogP contribution is -2.43. The van der Waals surface area contributed by atoms with Crippen LogP contribution in [-0.4, -0.2) is 77.5 Å². The molecule has 1 fully saturated rings. The minimum absolute atomic E-state index is 0.0739. The fraction of sp³-hybridized carbons (Fsp3) is 0.435. The third-order valence-corrected chi connectivity index (χ3v) is 6.86. The SMILES string of the molecule is Cc1c(/C=C2\C(=O)Nc3ncc(Br)cc32)[nH]c2c1C(=O)N(CCN1CCOCC1)CCC2. The number of H-pyrrole nitrogens is 1. The van der Waals surface area contributed by atoms with Gasteiger partial charge in [-0.1, -0.05) is 0 Å². The Hall–Kier alpha value is -2.49. The topological polar surface area (TPSA) is 90.6 Å². The zero-order valence-corrected chi connectivity index (χ0v) is 19.6. The molecule has 3 aliphatic rings. The molecule has 0 radical (unpaired) electrons. The number of carbonyl (C=O) groups excluding carboxylic acids is 2. The third kappa shape index (κ3) is 4.00. The molecule has 0 aliphatic carbocycles. The van der Waals surface area contributed by atoms with Crippen molar-refractivity contribution in [3.8, 4) is 0 Å². The van der Waals surface area contributed by atoms with Gasteiger partial charge in [0.05, 0.1) is 24.4 Å². The maximum atomic E-state index is 13.4. The van der Waals surface area contributed by atoms with Gasteiger partial charge in [0, 0.05) is 60.3 Å². The van der Waals surface area contributed by atoms with Crippen molar-refractivity contribution < 1.29 is 14.3 Å². The monoisotopic (exact) mass is 499 g/mol. The number of rotatable bonds is 4. The van der Waals surface area contributed by atoms with Crippen LogP contribution >= 0.6 is 15.9 Å². The first-order valence-electron chi connectivity index (χ1n) is 11.0. The Bertz CT molecular complexity index is 1100. The second-order valence-corrected chi connectivity index (χ2v) is 9.34. The van der Waals surface area contributed by atoms with Crippen molar-refractivity contribution in [2.45, 2.75) is 19.8 Å². The normalized spacial score (nSPS) is 20.3. The molecule has 5 heterocycles. The van der Waals surface area contributed by atoms with Crippen LogP contribution in [-0.2, 0) is 16.0 Å². The Morgan fingerprint density at radius 3 is 2.84 bits per heavy atom. The van der Waals surface area contributed by atoms with Crippen LogP contribution in [0.1, 0.15) is 39.3 Å². The van der Waals surface area contributed by atoms with E-state index in [1.54, 1.807) is 6.20 Å². The number of carbonyl (C=O) groups is 2. The molecular formula is C23H26BrN5O3. The molecule has 2 aromatic heterocycles. The molecule has 0 unspecified atom stereocenters. The van der Waals surface area contributed by atoms with Crippen LogP contribution in [0.4, 0.5) is 5.82 Å². The highest BCUT2D eigenvalue weighted by atomic mass is 79.9. The quantitative estimate of drug-likeness (QED) is 0.631. The number of hydrogen-bond acceptors (Lipinski definition) is 5. The van der Waals surface area contributed by atoms with E-state index in [0.717, 1.165) is 91.3 Å². The van der Waals surface area contributed by atoms with E-state index in [1.807, 2.05) is 24.0 Å². The minimum atomic E-state index is -0.187. The van der Waals surface area contributed by atoms with Gasteiger partial charge in [-0.25, -0.2) is 4.98 Å². The predicted molar refractivity (Wildman–Crippen MR) is 125 cm³/mol. The van der Waals surface area contributed by atoms with Crippen molar-refractivity contribution in [1.82, 2.24) is 19.8 Å². The molecule has 0 bridgehead atoms. The summed E-state index contributed by atoms with van der Waals surface area (Å²) in [5.74, 6) is 0.443. The maximum Gasteiger partial charge on any atom is 0.257 e. The number of halogens is 1. The van der Waals surface area contributed by atoms with Gasteiger partial charge in [0.15, 0.2) is 0 Å². The lowest BCUT2D eigenvalue weighted by Gasteiger charge is -2.29. The number of aromatic amines is 1. The summed E-state index contributed by atoms with van der Waals surface area (Å²) in [5, 5.41) is 2.81. The van der Waals surface area contributed by atoms with Crippen molar-refractivity contribution in [2.24, 2.45) is 0 Å². The van der Waals surface area contributed by atoms with Gasteiger partial charge in [-0.15, -0.1) is 0 Å². The van der Waals surface area contributed by atoms with Crippen LogP contribution in [0.15, 0.2) is 16.7 Å². The number of pyridine rings is 1. The van der Waals surface area contributed by atoms with Crippen molar-refractivity contribution >= 4 is 45.2 Å². The molecule has 8 nitrogen and oxygen atoms in total. The van der Waals surface area contributed by atoms with Gasteiger partial charge in [-0.2, -0.15) is 0 Å². The fourth-order valence-electron chi connectivity index (χ4n) is 4.64. The average Bonchev–Trinajstić information content (AvgIpc) is 3.20. The number of nitrogens with zero attached hydrogens (tertiary/aromatic N) is 3. The van der Waals surface area contributed by atoms with Crippen LogP contribution in [0.25, 0.3) is 11.6 Å². The van der Waals surface area contributed by atoms with E-state index in [4.69, 9.17) is 4.74 Å². The molecule has 2 amide bonds. The van der Waals surface area contributed by atoms with Crippen molar-refractivity contribution in [2.75, 3.05) is 51.3 Å². The molecule has 9 heteroatoms. The molecule has 0 atom stereocenters. The third-order valence-electron chi connectivity index (χ3n) is 6.42. The predicted octanol–water partition coefficient (Wildman–Crippen LogP) is 2.69. The molecule has 0 saturated carbocycles. The summed E-state index contributed by atoms with van der Waals surface area (Å²) in [4.78, 5) is 38.0. The Morgan fingerprint density at radius 1 is 1.22 bits per heavy atom. The number of anilines is 1. The van der Waals surface area contributed by atoms with Crippen molar-refractivity contribution in [3.63, 3.8) is 0 Å². The molecular weight excluding hydrogens is 474 g/mol. The van der Waals surface area contributed by atoms with Gasteiger partial charge in [-0.05, 0) is 53.4 Å². The summed E-state index contributed by atoms with van der Waals surface area (Å²) < 4.78 is 6.23. The van der Waals surface area contributed by atoms with E-state index < -0.39 is 0 Å². The largest absolute Gasteiger partial charge is 0.379 e. The number of amides is 2. The van der Waals surface area contributed by atoms with Crippen LogP contribution in [0.3, 0.4) is 0 Å². The highest BCUT2D eigenvalue weighted by Gasteiger charge is 2.30. The van der Waals surface area contributed by atoms with Crippen molar-refractivity contribution in [3.05, 3.63) is 44.8 Å². The smallest absolute Gasteiger partial charge is 0.257 e. The summed E-state index contributed by atoms with van der Waals surface area (Å²) in [6.45, 7) is 7.66. The standard InChI is InChI=1S/C23H26BrN5O3/c1-14-19(12-17-16-11-15(24)13-25-21(16)27-22(17)30)26-18-3-2-4-29(23(31)20(14)18)6-5-28-7-9-32-10-8-28/h11-13,26H,2-10H2,1H3,(H,25,27,30)/b17-12-. The number of fused-ring (bicyclic) bond motifs is 2. The first-order valence-corrected chi connectivity index (χ1v) is 11.8. The number of ether oxygens (including phenoxy) is 1. The lowest BCUT2D eigenvalue weighted by atomic mass is 10.0. The maximum absolute atomic E-state index is 13.4. The Labute approximate surface area is 195 Å². The van der Waals surface area contributed by atoms with Gasteiger partial charge in [0.1, 0.15) is 5.82 Å². The van der Waals surface area contributed by atoms with Gasteiger partial charge >= 0.3 is 0 Å². The molecule has 2 aromatic rings. The van der Waals surface area contributed by atoms with Crippen LogP contribution in [0.5, 0.6) is 0 Å². The molecule has 0 spiro atoms. The number of aromatic nitrogens is 2. The van der Waals surface area contributed by atoms with Gasteiger partial charge in [0.2, 0.25) is 0 Å². The molecule has 1 saturated heterocycles. The highest BCUT2D eigenvalue weighted by Crippen LogP contribution is 2.34. The minimum Gasteiger partial charge on any atom is -0.379 e. The second-order valence-electron chi connectivity index (χ2n) is 8.43. The average molecular weight is 500 g/mol. The summed E-state index contributed by atoms with van der Waals surface area (Å²) >= 11 is 3.43. The zero-order valence-electron chi connectivity index (χ0n) is 18.0. The number of aryl methyl sites for hydroxylation is 1. The molecule has 2 N–H and O–H groups in total. The molecule has 5 rings (SSSR count). The first-order chi connectivity index (χ1) is 15.5. The van der Waals surface area contributed by atoms with Gasteiger partial charge in [0.25, 0.3) is 11.8 Å². The van der Waals surface area contributed by atoms with Gasteiger partial charge in [-0.3, -0.25) is 14.5 Å². The molecule has 3 aliphatic heterocycles. The van der Waals surface area contributed by atoms with E-state index >= 15 is 0 Å². The first kappa shape index (κ1) is 21.4. The summed E-state index contributed by atoms with van der Waals surface area (Å²) in [6, 6.07) is 1.88. The van der Waals surface area contributed by atoms with Crippen LogP contribution < -0.4 is 5.32 Å². The number of morpholine rings is 1. The van der Waals surface area contributed by atoms with E-state index in [1.165, 1.54) is 0 Å². The Balaban J connectivity index is 1.41. The number of nitrogens with one attached hydrogen (secondary N) is 2. The molecule has 168 valence electrons. The van der Waals surface area contributed by atoms with Crippen molar-refractivity contribution in [1.29, 1.82) is 0 Å². The molecule has 0 aromatic carbocycles. The van der Waals surface area contributed by atoms with Gasteiger partial charge < -0.3 is 19.9 Å². The van der Waals surface area contributed by atoms with E-state index in [2.05, 4.69) is 36.1 Å². The van der Waals surface area contributed by atoms with Crippen LogP contribution in [0.2, 0.25) is 0 Å². The zero-order chi connectivity index (χ0) is 22.2. The summed E-state index contributed by atoms with van der Waals surface area (Å²) in [5.41, 5.74) is 4.70. The van der Waals surface area contributed by atoms with E-state index in [9.17, 15) is 9.59 Å².